The number of anilines is 2. The molecule has 1 aliphatic carbocycles. The quantitative estimate of drug-likeness (QED) is 0.807. The lowest BCUT2D eigenvalue weighted by atomic mass is 9.80. The Morgan fingerprint density at radius 1 is 1.44 bits per heavy atom. The maximum atomic E-state index is 5.90. The van der Waals surface area contributed by atoms with E-state index in [0.29, 0.717) is 5.82 Å². The molecule has 0 spiro atoms. The van der Waals surface area contributed by atoms with Gasteiger partial charge < -0.3 is 15.8 Å². The third kappa shape index (κ3) is 2.56. The van der Waals surface area contributed by atoms with Crippen LogP contribution in [0.25, 0.3) is 0 Å². The molecule has 5 heteroatoms. The first-order valence-corrected chi connectivity index (χ1v) is 6.59. The molecule has 1 fully saturated rings. The zero-order valence-corrected chi connectivity index (χ0v) is 11.2. The van der Waals surface area contributed by atoms with E-state index >= 15 is 0 Å². The second-order valence-corrected chi connectivity index (χ2v) is 4.93. The molecule has 0 unspecified atom stereocenters. The number of nitrogens with zero attached hydrogens (tertiary/aromatic N) is 2. The summed E-state index contributed by atoms with van der Waals surface area (Å²) in [5.74, 6) is 1.43. The molecular formula is C13H22N4O. The Morgan fingerprint density at radius 3 is 2.78 bits per heavy atom. The maximum Gasteiger partial charge on any atom is 0.134 e. The molecule has 1 aromatic heterocycles. The van der Waals surface area contributed by atoms with Crippen molar-refractivity contribution >= 4 is 11.6 Å². The Balaban J connectivity index is 2.06. The highest BCUT2D eigenvalue weighted by Gasteiger charge is 2.36. The summed E-state index contributed by atoms with van der Waals surface area (Å²) < 4.78 is 5.59. The van der Waals surface area contributed by atoms with E-state index in [0.717, 1.165) is 43.6 Å². The minimum Gasteiger partial charge on any atom is -0.383 e. The second-order valence-electron chi connectivity index (χ2n) is 4.93. The van der Waals surface area contributed by atoms with Gasteiger partial charge in [-0.05, 0) is 25.7 Å². The highest BCUT2D eigenvalue weighted by molar-refractivity contribution is 5.55. The summed E-state index contributed by atoms with van der Waals surface area (Å²) in [5.41, 5.74) is 6.91. The van der Waals surface area contributed by atoms with Gasteiger partial charge in [0.05, 0.1) is 5.60 Å². The number of nitrogens with two attached hydrogens (primary N) is 1. The fraction of sp³-hybridized carbons (Fsp3) is 0.692. The molecule has 0 radical (unpaired) electrons. The number of nitrogens with one attached hydrogen (secondary N) is 1. The maximum absolute atomic E-state index is 5.90. The van der Waals surface area contributed by atoms with Crippen LogP contribution in [0.1, 0.15) is 38.2 Å². The number of nitrogen functional groups attached to an aromatic ring is 1. The van der Waals surface area contributed by atoms with Crippen LogP contribution in [0.5, 0.6) is 0 Å². The normalized spacial score (nSPS) is 17.2. The van der Waals surface area contributed by atoms with E-state index in [2.05, 4.69) is 22.2 Å². The van der Waals surface area contributed by atoms with E-state index in [9.17, 15) is 0 Å². The summed E-state index contributed by atoms with van der Waals surface area (Å²) in [6.07, 6.45) is 6.90. The van der Waals surface area contributed by atoms with Crippen LogP contribution in [-0.4, -0.2) is 29.2 Å². The minimum atomic E-state index is -0.0107. The van der Waals surface area contributed by atoms with Gasteiger partial charge in [-0.15, -0.1) is 0 Å². The number of ether oxygens (including phenoxy) is 1. The molecule has 0 atom stereocenters. The zero-order chi connectivity index (χ0) is 13.0. The van der Waals surface area contributed by atoms with Gasteiger partial charge in [0.2, 0.25) is 0 Å². The zero-order valence-electron chi connectivity index (χ0n) is 11.2. The first-order chi connectivity index (χ1) is 8.71. The Hall–Kier alpha value is -1.36. The molecule has 18 heavy (non-hydrogen) atoms. The van der Waals surface area contributed by atoms with Gasteiger partial charge in [-0.2, -0.15) is 0 Å². The van der Waals surface area contributed by atoms with Gasteiger partial charge in [0, 0.05) is 19.2 Å². The third-order valence-corrected chi connectivity index (χ3v) is 3.75. The van der Waals surface area contributed by atoms with Crippen molar-refractivity contribution in [1.82, 2.24) is 9.97 Å². The summed E-state index contributed by atoms with van der Waals surface area (Å²) >= 11 is 0. The molecule has 0 saturated heterocycles. The monoisotopic (exact) mass is 250 g/mol. The lowest BCUT2D eigenvalue weighted by Crippen LogP contribution is -2.45. The average molecular weight is 250 g/mol. The molecular weight excluding hydrogens is 228 g/mol. The van der Waals surface area contributed by atoms with Crippen LogP contribution in [0.2, 0.25) is 0 Å². The smallest absolute Gasteiger partial charge is 0.134 e. The molecule has 0 bridgehead atoms. The van der Waals surface area contributed by atoms with Crippen molar-refractivity contribution in [2.24, 2.45) is 0 Å². The fourth-order valence-corrected chi connectivity index (χ4v) is 2.34. The average Bonchev–Trinajstić information content (AvgIpc) is 2.32. The minimum absolute atomic E-state index is 0.0107. The van der Waals surface area contributed by atoms with Crippen molar-refractivity contribution in [3.8, 4) is 0 Å². The van der Waals surface area contributed by atoms with Crippen LogP contribution in [0, 0.1) is 0 Å². The highest BCUT2D eigenvalue weighted by Crippen LogP contribution is 2.35. The lowest BCUT2D eigenvalue weighted by Gasteiger charge is -2.40. The van der Waals surface area contributed by atoms with Gasteiger partial charge in [-0.3, -0.25) is 0 Å². The molecule has 1 aliphatic rings. The predicted octanol–water partition coefficient (Wildman–Crippen LogP) is 1.99. The van der Waals surface area contributed by atoms with E-state index in [1.807, 2.05) is 0 Å². The Kier molecular flexibility index (Phi) is 4.01. The Bertz CT molecular complexity index is 398. The summed E-state index contributed by atoms with van der Waals surface area (Å²) in [5, 5.41) is 3.38. The van der Waals surface area contributed by atoms with E-state index in [4.69, 9.17) is 10.5 Å². The first kappa shape index (κ1) is 13.1. The van der Waals surface area contributed by atoms with Gasteiger partial charge in [-0.25, -0.2) is 9.97 Å². The van der Waals surface area contributed by atoms with Crippen molar-refractivity contribution in [3.63, 3.8) is 0 Å². The SMILES string of the molecule is CCCc1c(N)ncnc1NCC1(OC)CCC1. The topological polar surface area (TPSA) is 73.1 Å². The van der Waals surface area contributed by atoms with Crippen LogP contribution < -0.4 is 11.1 Å². The van der Waals surface area contributed by atoms with Crippen molar-refractivity contribution in [2.75, 3.05) is 24.7 Å². The van der Waals surface area contributed by atoms with Gasteiger partial charge >= 0.3 is 0 Å². The van der Waals surface area contributed by atoms with Gasteiger partial charge in [0.1, 0.15) is 18.0 Å². The van der Waals surface area contributed by atoms with Gasteiger partial charge in [-0.1, -0.05) is 13.3 Å². The third-order valence-electron chi connectivity index (χ3n) is 3.75. The number of hydrogen-bond donors (Lipinski definition) is 2. The van der Waals surface area contributed by atoms with Crippen LogP contribution in [0.15, 0.2) is 6.33 Å². The number of hydrogen-bond acceptors (Lipinski definition) is 5. The summed E-state index contributed by atoms with van der Waals surface area (Å²) in [4.78, 5) is 8.35. The summed E-state index contributed by atoms with van der Waals surface area (Å²) in [6.45, 7) is 2.91. The number of methoxy groups -OCH3 is 1. The number of rotatable bonds is 6. The van der Waals surface area contributed by atoms with Crippen molar-refractivity contribution in [1.29, 1.82) is 0 Å². The van der Waals surface area contributed by atoms with Gasteiger partial charge in [0.15, 0.2) is 0 Å². The Morgan fingerprint density at radius 2 is 2.22 bits per heavy atom. The fourth-order valence-electron chi connectivity index (χ4n) is 2.34. The van der Waals surface area contributed by atoms with E-state index < -0.39 is 0 Å². The molecule has 1 heterocycles. The molecule has 0 aromatic carbocycles. The molecule has 0 aliphatic heterocycles. The highest BCUT2D eigenvalue weighted by atomic mass is 16.5. The standard InChI is InChI=1S/C13H22N4O/c1-3-5-10-11(14)16-9-17-12(10)15-8-13(18-2)6-4-7-13/h9H,3-8H2,1-2H3,(H3,14,15,16,17). The Labute approximate surface area is 108 Å². The summed E-state index contributed by atoms with van der Waals surface area (Å²) in [6, 6.07) is 0. The van der Waals surface area contributed by atoms with Gasteiger partial charge in [0.25, 0.3) is 0 Å². The second kappa shape index (κ2) is 5.52. The lowest BCUT2D eigenvalue weighted by molar-refractivity contribution is -0.0601. The molecule has 1 saturated carbocycles. The molecule has 0 amide bonds. The van der Waals surface area contributed by atoms with Crippen LogP contribution in [0.3, 0.4) is 0 Å². The van der Waals surface area contributed by atoms with Crippen LogP contribution in [-0.2, 0) is 11.2 Å². The number of aromatic nitrogens is 2. The van der Waals surface area contributed by atoms with E-state index in [1.54, 1.807) is 7.11 Å². The predicted molar refractivity (Wildman–Crippen MR) is 72.5 cm³/mol. The molecule has 1 aromatic rings. The van der Waals surface area contributed by atoms with E-state index in [1.165, 1.54) is 12.7 Å². The first-order valence-electron chi connectivity index (χ1n) is 6.59. The van der Waals surface area contributed by atoms with Crippen molar-refractivity contribution in [2.45, 2.75) is 44.6 Å². The van der Waals surface area contributed by atoms with Crippen molar-refractivity contribution < 1.29 is 4.74 Å². The van der Waals surface area contributed by atoms with Crippen LogP contribution in [0.4, 0.5) is 11.6 Å². The van der Waals surface area contributed by atoms with Crippen LogP contribution >= 0.6 is 0 Å². The largest absolute Gasteiger partial charge is 0.383 e. The van der Waals surface area contributed by atoms with Crippen molar-refractivity contribution in [3.05, 3.63) is 11.9 Å². The molecule has 100 valence electrons. The van der Waals surface area contributed by atoms with E-state index in [-0.39, 0.29) is 5.60 Å². The molecule has 3 N–H and O–H groups in total. The molecule has 2 rings (SSSR count). The summed E-state index contributed by atoms with van der Waals surface area (Å²) in [7, 11) is 1.78. The molecule has 5 nitrogen and oxygen atoms in total.